The van der Waals surface area contributed by atoms with Crippen LogP contribution in [0.4, 0.5) is 0 Å². The molecule has 1 aliphatic heterocycles. The number of hydrogen-bond donors (Lipinski definition) is 1. The Labute approximate surface area is 123 Å². The van der Waals surface area contributed by atoms with Crippen LogP contribution in [0.2, 0.25) is 5.02 Å². The van der Waals surface area contributed by atoms with Gasteiger partial charge in [0.25, 0.3) is 0 Å². The monoisotopic (exact) mass is 291 g/mol. The number of nitrogens with zero attached hydrogens (tertiary/aromatic N) is 2. The minimum absolute atomic E-state index is 0.116. The molecule has 1 aromatic heterocycles. The normalized spacial score (nSPS) is 22.2. The van der Waals surface area contributed by atoms with Crippen molar-refractivity contribution in [3.05, 3.63) is 53.3 Å². The zero-order valence-electron chi connectivity index (χ0n) is 11.2. The van der Waals surface area contributed by atoms with Gasteiger partial charge in [-0.3, -0.25) is 4.68 Å². The molecule has 0 amide bonds. The Morgan fingerprint density at radius 1 is 1.35 bits per heavy atom. The Bertz CT molecular complexity index is 527. The minimum Gasteiger partial charge on any atom is -0.372 e. The number of benzene rings is 1. The van der Waals surface area contributed by atoms with Gasteiger partial charge in [0.1, 0.15) is 0 Å². The number of hydrogen-bond acceptors (Lipinski definition) is 3. The van der Waals surface area contributed by atoms with Crippen molar-refractivity contribution in [2.24, 2.45) is 0 Å². The fourth-order valence-corrected chi connectivity index (χ4v) is 2.70. The Hall–Kier alpha value is -1.36. The van der Waals surface area contributed by atoms with Crippen molar-refractivity contribution in [1.29, 1.82) is 0 Å². The maximum Gasteiger partial charge on any atom is 0.0978 e. The standard InChI is InChI=1S/C15H18ClN3O/c16-13-4-2-12(3-5-13)15-14(6-11-20-15)17-8-10-19-9-1-7-18-19/h1-5,7,9,14-15,17H,6,8,10-11H2/t14-,15+/m0/s1. The summed E-state index contributed by atoms with van der Waals surface area (Å²) in [6.45, 7) is 2.56. The lowest BCUT2D eigenvalue weighted by Gasteiger charge is -2.20. The highest BCUT2D eigenvalue weighted by Crippen LogP contribution is 2.29. The van der Waals surface area contributed by atoms with E-state index in [4.69, 9.17) is 16.3 Å². The highest BCUT2D eigenvalue weighted by atomic mass is 35.5. The zero-order valence-corrected chi connectivity index (χ0v) is 12.0. The van der Waals surface area contributed by atoms with Crippen molar-refractivity contribution in [3.63, 3.8) is 0 Å². The molecular formula is C15H18ClN3O. The average molecular weight is 292 g/mol. The van der Waals surface area contributed by atoms with E-state index in [1.165, 1.54) is 5.56 Å². The lowest BCUT2D eigenvalue weighted by Crippen LogP contribution is -2.34. The molecule has 5 heteroatoms. The van der Waals surface area contributed by atoms with Crippen LogP contribution in [-0.2, 0) is 11.3 Å². The summed E-state index contributed by atoms with van der Waals surface area (Å²) >= 11 is 5.93. The molecule has 106 valence electrons. The van der Waals surface area contributed by atoms with E-state index in [1.807, 2.05) is 41.2 Å². The van der Waals surface area contributed by atoms with Gasteiger partial charge in [0.15, 0.2) is 0 Å². The largest absolute Gasteiger partial charge is 0.372 e. The number of halogens is 1. The first-order valence-corrected chi connectivity index (χ1v) is 7.28. The van der Waals surface area contributed by atoms with Crippen LogP contribution in [0.25, 0.3) is 0 Å². The lowest BCUT2D eigenvalue weighted by molar-refractivity contribution is 0.0986. The fraction of sp³-hybridized carbons (Fsp3) is 0.400. The van der Waals surface area contributed by atoms with E-state index in [0.717, 1.165) is 31.1 Å². The smallest absolute Gasteiger partial charge is 0.0978 e. The summed E-state index contributed by atoms with van der Waals surface area (Å²) in [5, 5.41) is 8.52. The maximum atomic E-state index is 5.93. The van der Waals surface area contributed by atoms with Crippen molar-refractivity contribution in [2.75, 3.05) is 13.2 Å². The molecular weight excluding hydrogens is 274 g/mol. The van der Waals surface area contributed by atoms with Gasteiger partial charge in [-0.25, -0.2) is 0 Å². The first kappa shape index (κ1) is 13.6. The van der Waals surface area contributed by atoms with Crippen LogP contribution in [0.1, 0.15) is 18.1 Å². The molecule has 1 aliphatic rings. The minimum atomic E-state index is 0.116. The Kier molecular flexibility index (Phi) is 4.35. The van der Waals surface area contributed by atoms with E-state index < -0.39 is 0 Å². The molecule has 0 saturated carbocycles. The predicted octanol–water partition coefficient (Wildman–Crippen LogP) is 2.66. The summed E-state index contributed by atoms with van der Waals surface area (Å²) in [4.78, 5) is 0. The number of ether oxygens (including phenoxy) is 1. The second-order valence-corrected chi connectivity index (χ2v) is 5.40. The maximum absolute atomic E-state index is 5.93. The fourth-order valence-electron chi connectivity index (χ4n) is 2.58. The molecule has 0 spiro atoms. The molecule has 2 aromatic rings. The summed E-state index contributed by atoms with van der Waals surface area (Å²) in [6, 6.07) is 10.2. The summed E-state index contributed by atoms with van der Waals surface area (Å²) in [5.41, 5.74) is 1.18. The van der Waals surface area contributed by atoms with Crippen LogP contribution in [-0.4, -0.2) is 29.0 Å². The topological polar surface area (TPSA) is 39.1 Å². The van der Waals surface area contributed by atoms with Gasteiger partial charge in [-0.15, -0.1) is 0 Å². The predicted molar refractivity (Wildman–Crippen MR) is 78.8 cm³/mol. The Morgan fingerprint density at radius 3 is 2.95 bits per heavy atom. The Balaban J connectivity index is 1.56. The van der Waals surface area contributed by atoms with Gasteiger partial charge < -0.3 is 10.1 Å². The molecule has 20 heavy (non-hydrogen) atoms. The van der Waals surface area contributed by atoms with Crippen LogP contribution in [0, 0.1) is 0 Å². The summed E-state index contributed by atoms with van der Waals surface area (Å²) < 4.78 is 7.78. The van der Waals surface area contributed by atoms with Crippen molar-refractivity contribution in [2.45, 2.75) is 25.1 Å². The first-order chi connectivity index (χ1) is 9.83. The molecule has 0 aliphatic carbocycles. The van der Waals surface area contributed by atoms with E-state index in [9.17, 15) is 0 Å². The van der Waals surface area contributed by atoms with Crippen LogP contribution >= 0.6 is 11.6 Å². The van der Waals surface area contributed by atoms with Crippen molar-refractivity contribution >= 4 is 11.6 Å². The van der Waals surface area contributed by atoms with E-state index in [-0.39, 0.29) is 6.10 Å². The van der Waals surface area contributed by atoms with Gasteiger partial charge in [-0.1, -0.05) is 23.7 Å². The van der Waals surface area contributed by atoms with Crippen molar-refractivity contribution in [1.82, 2.24) is 15.1 Å². The molecule has 2 atom stereocenters. The van der Waals surface area contributed by atoms with Gasteiger partial charge in [-0.05, 0) is 30.2 Å². The van der Waals surface area contributed by atoms with Crippen LogP contribution in [0.15, 0.2) is 42.7 Å². The third-order valence-corrected chi connectivity index (χ3v) is 3.85. The number of nitrogens with one attached hydrogen (secondary N) is 1. The second kappa shape index (κ2) is 6.39. The molecule has 1 N–H and O–H groups in total. The summed E-state index contributed by atoms with van der Waals surface area (Å²) in [6.07, 6.45) is 4.93. The van der Waals surface area contributed by atoms with Crippen LogP contribution in [0.5, 0.6) is 0 Å². The molecule has 2 heterocycles. The summed E-state index contributed by atoms with van der Waals surface area (Å²) in [7, 11) is 0. The van der Waals surface area contributed by atoms with Gasteiger partial charge >= 0.3 is 0 Å². The molecule has 1 aromatic carbocycles. The lowest BCUT2D eigenvalue weighted by atomic mass is 10.0. The Morgan fingerprint density at radius 2 is 2.20 bits per heavy atom. The quantitative estimate of drug-likeness (QED) is 0.920. The van der Waals surface area contributed by atoms with E-state index in [2.05, 4.69) is 10.4 Å². The van der Waals surface area contributed by atoms with Crippen molar-refractivity contribution < 1.29 is 4.74 Å². The van der Waals surface area contributed by atoms with Gasteiger partial charge in [0.2, 0.25) is 0 Å². The number of rotatable bonds is 5. The highest BCUT2D eigenvalue weighted by molar-refractivity contribution is 6.30. The molecule has 0 bridgehead atoms. The molecule has 1 fully saturated rings. The molecule has 0 unspecified atom stereocenters. The molecule has 3 rings (SSSR count). The average Bonchev–Trinajstić information content (AvgIpc) is 3.11. The van der Waals surface area contributed by atoms with E-state index in [0.29, 0.717) is 6.04 Å². The summed E-state index contributed by atoms with van der Waals surface area (Å²) in [5.74, 6) is 0. The molecule has 4 nitrogen and oxygen atoms in total. The van der Waals surface area contributed by atoms with Crippen LogP contribution in [0.3, 0.4) is 0 Å². The van der Waals surface area contributed by atoms with Crippen LogP contribution < -0.4 is 5.32 Å². The highest BCUT2D eigenvalue weighted by Gasteiger charge is 2.28. The second-order valence-electron chi connectivity index (χ2n) is 4.96. The van der Waals surface area contributed by atoms with E-state index >= 15 is 0 Å². The molecule has 1 saturated heterocycles. The first-order valence-electron chi connectivity index (χ1n) is 6.91. The zero-order chi connectivity index (χ0) is 13.8. The third kappa shape index (κ3) is 3.20. The van der Waals surface area contributed by atoms with Gasteiger partial charge in [0.05, 0.1) is 12.6 Å². The van der Waals surface area contributed by atoms with Gasteiger partial charge in [0, 0.05) is 36.6 Å². The third-order valence-electron chi connectivity index (χ3n) is 3.60. The number of aromatic nitrogens is 2. The SMILES string of the molecule is Clc1ccc([C@H]2OCC[C@@H]2NCCn2cccn2)cc1. The van der Waals surface area contributed by atoms with E-state index in [1.54, 1.807) is 6.20 Å². The van der Waals surface area contributed by atoms with Gasteiger partial charge in [-0.2, -0.15) is 5.10 Å². The van der Waals surface area contributed by atoms with Crippen molar-refractivity contribution in [3.8, 4) is 0 Å². The molecule has 0 radical (unpaired) electrons.